The van der Waals surface area contributed by atoms with Crippen LogP contribution in [-0.2, 0) is 9.53 Å². The van der Waals surface area contributed by atoms with Gasteiger partial charge in [-0.15, -0.1) is 10.2 Å². The summed E-state index contributed by atoms with van der Waals surface area (Å²) >= 11 is 1.42. The maximum absolute atomic E-state index is 13.6. The summed E-state index contributed by atoms with van der Waals surface area (Å²) in [4.78, 5) is 19.7. The molecule has 0 saturated carbocycles. The van der Waals surface area contributed by atoms with Crippen LogP contribution in [0.1, 0.15) is 10.8 Å². The first-order chi connectivity index (χ1) is 16.3. The third-order valence-corrected chi connectivity index (χ3v) is 6.62. The van der Waals surface area contributed by atoms with E-state index in [1.54, 1.807) is 12.4 Å². The molecule has 1 aliphatic heterocycles. The summed E-state index contributed by atoms with van der Waals surface area (Å²) in [5, 5.41) is 9.21. The summed E-state index contributed by atoms with van der Waals surface area (Å²) in [6.07, 6.45) is 3.50. The van der Waals surface area contributed by atoms with Crippen LogP contribution in [0.25, 0.3) is 17.1 Å². The number of amides is 1. The van der Waals surface area contributed by atoms with Gasteiger partial charge in [-0.2, -0.15) is 0 Å². The summed E-state index contributed by atoms with van der Waals surface area (Å²) in [6.45, 7) is 2.30. The van der Waals surface area contributed by atoms with Gasteiger partial charge in [-0.25, -0.2) is 0 Å². The number of morpholine rings is 1. The first-order valence-electron chi connectivity index (χ1n) is 10.8. The number of nitrogens with zero attached hydrogens (tertiary/aromatic N) is 5. The van der Waals surface area contributed by atoms with Crippen LogP contribution in [0, 0.1) is 0 Å². The molecule has 166 valence electrons. The minimum atomic E-state index is -0.447. The number of benzene rings is 2. The highest BCUT2D eigenvalue weighted by molar-refractivity contribution is 8.00. The number of hydrogen-bond donors (Lipinski definition) is 0. The zero-order chi connectivity index (χ0) is 22.5. The second kappa shape index (κ2) is 9.97. The molecule has 1 saturated heterocycles. The van der Waals surface area contributed by atoms with Gasteiger partial charge in [-0.3, -0.25) is 14.3 Å². The lowest BCUT2D eigenvalue weighted by molar-refractivity contribution is -0.134. The van der Waals surface area contributed by atoms with E-state index in [1.165, 1.54) is 11.8 Å². The molecule has 0 radical (unpaired) electrons. The Morgan fingerprint density at radius 2 is 1.64 bits per heavy atom. The number of ether oxygens (including phenoxy) is 1. The predicted molar refractivity (Wildman–Crippen MR) is 127 cm³/mol. The lowest BCUT2D eigenvalue weighted by Gasteiger charge is -2.30. The Bertz CT molecular complexity index is 1200. The van der Waals surface area contributed by atoms with Gasteiger partial charge in [-0.1, -0.05) is 60.3 Å². The van der Waals surface area contributed by atoms with E-state index in [2.05, 4.69) is 15.2 Å². The summed E-state index contributed by atoms with van der Waals surface area (Å²) in [6, 6.07) is 23.6. The van der Waals surface area contributed by atoms with E-state index in [-0.39, 0.29) is 5.91 Å². The van der Waals surface area contributed by atoms with Crippen LogP contribution >= 0.6 is 11.8 Å². The van der Waals surface area contributed by atoms with Crippen LogP contribution in [0.3, 0.4) is 0 Å². The van der Waals surface area contributed by atoms with Crippen molar-refractivity contribution < 1.29 is 9.53 Å². The lowest BCUT2D eigenvalue weighted by atomic mass is 10.1. The number of para-hydroxylation sites is 1. The maximum Gasteiger partial charge on any atom is 0.240 e. The highest BCUT2D eigenvalue weighted by Crippen LogP contribution is 2.38. The molecule has 3 heterocycles. The normalized spacial score (nSPS) is 14.7. The number of aromatic nitrogens is 4. The molecule has 2 aromatic carbocycles. The van der Waals surface area contributed by atoms with Crippen molar-refractivity contribution in [3.05, 3.63) is 90.8 Å². The predicted octanol–water partition coefficient (Wildman–Crippen LogP) is 4.02. The first-order valence-corrected chi connectivity index (χ1v) is 11.7. The summed E-state index contributed by atoms with van der Waals surface area (Å²) < 4.78 is 7.44. The van der Waals surface area contributed by atoms with Gasteiger partial charge in [0.2, 0.25) is 5.91 Å². The van der Waals surface area contributed by atoms with Gasteiger partial charge in [0, 0.05) is 36.7 Å². The number of hydrogen-bond acceptors (Lipinski definition) is 6. The van der Waals surface area contributed by atoms with E-state index < -0.39 is 5.25 Å². The highest BCUT2D eigenvalue weighted by Gasteiger charge is 2.30. The molecular formula is C25H23N5O2S. The quantitative estimate of drug-likeness (QED) is 0.407. The molecule has 0 unspecified atom stereocenters. The standard InChI is InChI=1S/C25H23N5O2S/c31-24(29-14-16-32-17-15-29)22(19-8-3-1-4-9-19)33-25-28-27-23(20-10-7-13-26-18-20)30(25)21-11-5-2-6-12-21/h1-13,18,22H,14-17H2/t22-/m0/s1. The van der Waals surface area contributed by atoms with Crippen molar-refractivity contribution in [2.24, 2.45) is 0 Å². The number of carbonyl (C=O) groups excluding carboxylic acids is 1. The monoisotopic (exact) mass is 457 g/mol. The van der Waals surface area contributed by atoms with Gasteiger partial charge in [0.25, 0.3) is 0 Å². The second-order valence-corrected chi connectivity index (χ2v) is 8.64. The minimum Gasteiger partial charge on any atom is -0.378 e. The van der Waals surface area contributed by atoms with Crippen LogP contribution < -0.4 is 0 Å². The molecule has 8 heteroatoms. The van der Waals surface area contributed by atoms with Crippen molar-refractivity contribution in [3.8, 4) is 17.1 Å². The molecule has 5 rings (SSSR count). The third-order valence-electron chi connectivity index (χ3n) is 5.44. The van der Waals surface area contributed by atoms with Gasteiger partial charge >= 0.3 is 0 Å². The van der Waals surface area contributed by atoms with Crippen molar-refractivity contribution in [2.75, 3.05) is 26.3 Å². The molecule has 33 heavy (non-hydrogen) atoms. The largest absolute Gasteiger partial charge is 0.378 e. The second-order valence-electron chi connectivity index (χ2n) is 7.57. The van der Waals surface area contributed by atoms with Crippen LogP contribution in [-0.4, -0.2) is 56.9 Å². The number of pyridine rings is 1. The molecule has 7 nitrogen and oxygen atoms in total. The van der Waals surface area contributed by atoms with E-state index in [9.17, 15) is 4.79 Å². The van der Waals surface area contributed by atoms with E-state index in [4.69, 9.17) is 4.74 Å². The fourth-order valence-electron chi connectivity index (χ4n) is 3.78. The average molecular weight is 458 g/mol. The third kappa shape index (κ3) is 4.67. The highest BCUT2D eigenvalue weighted by atomic mass is 32.2. The van der Waals surface area contributed by atoms with Crippen LogP contribution in [0.2, 0.25) is 0 Å². The zero-order valence-electron chi connectivity index (χ0n) is 17.9. The van der Waals surface area contributed by atoms with Crippen molar-refractivity contribution in [2.45, 2.75) is 10.4 Å². The number of carbonyl (C=O) groups is 1. The van der Waals surface area contributed by atoms with E-state index in [0.29, 0.717) is 37.3 Å². The fourth-order valence-corrected chi connectivity index (χ4v) is 4.92. The van der Waals surface area contributed by atoms with Gasteiger partial charge < -0.3 is 9.64 Å². The van der Waals surface area contributed by atoms with Crippen LogP contribution in [0.15, 0.2) is 90.3 Å². The number of rotatable bonds is 6. The molecule has 1 atom stereocenters. The maximum atomic E-state index is 13.6. The van der Waals surface area contributed by atoms with Gasteiger partial charge in [0.05, 0.1) is 13.2 Å². The van der Waals surface area contributed by atoms with Crippen molar-refractivity contribution >= 4 is 17.7 Å². The molecule has 1 fully saturated rings. The molecule has 0 aliphatic carbocycles. The Morgan fingerprint density at radius 1 is 0.909 bits per heavy atom. The zero-order valence-corrected chi connectivity index (χ0v) is 18.8. The van der Waals surface area contributed by atoms with E-state index in [0.717, 1.165) is 16.8 Å². The molecular weight excluding hydrogens is 434 g/mol. The summed E-state index contributed by atoms with van der Waals surface area (Å²) in [5.74, 6) is 0.738. The SMILES string of the molecule is O=C([C@@H](Sc1nnc(-c2cccnc2)n1-c1ccccc1)c1ccccc1)N1CCOCC1. The van der Waals surface area contributed by atoms with Gasteiger partial charge in [0.15, 0.2) is 11.0 Å². The smallest absolute Gasteiger partial charge is 0.240 e. The van der Waals surface area contributed by atoms with Crippen molar-refractivity contribution in [1.82, 2.24) is 24.6 Å². The Labute approximate surface area is 196 Å². The topological polar surface area (TPSA) is 73.1 Å². The Balaban J connectivity index is 1.57. The lowest BCUT2D eigenvalue weighted by Crippen LogP contribution is -2.42. The molecule has 2 aromatic heterocycles. The molecule has 4 aromatic rings. The number of thioether (sulfide) groups is 1. The van der Waals surface area contributed by atoms with E-state index in [1.807, 2.05) is 82.3 Å². The Hall–Kier alpha value is -3.49. The molecule has 0 N–H and O–H groups in total. The van der Waals surface area contributed by atoms with Gasteiger partial charge in [-0.05, 0) is 29.8 Å². The van der Waals surface area contributed by atoms with Gasteiger partial charge in [0.1, 0.15) is 5.25 Å². The molecule has 1 aliphatic rings. The molecule has 0 bridgehead atoms. The summed E-state index contributed by atoms with van der Waals surface area (Å²) in [5.41, 5.74) is 2.72. The van der Waals surface area contributed by atoms with Crippen LogP contribution in [0.4, 0.5) is 0 Å². The van der Waals surface area contributed by atoms with Crippen molar-refractivity contribution in [3.63, 3.8) is 0 Å². The Kier molecular flexibility index (Phi) is 6.46. The fraction of sp³-hybridized carbons (Fsp3) is 0.200. The van der Waals surface area contributed by atoms with Crippen LogP contribution in [0.5, 0.6) is 0 Å². The Morgan fingerprint density at radius 3 is 2.33 bits per heavy atom. The molecule has 0 spiro atoms. The average Bonchev–Trinajstić information content (AvgIpc) is 3.32. The minimum absolute atomic E-state index is 0.0556. The summed E-state index contributed by atoms with van der Waals surface area (Å²) in [7, 11) is 0. The molecule has 1 amide bonds. The van der Waals surface area contributed by atoms with E-state index >= 15 is 0 Å². The first kappa shape index (κ1) is 21.4. The van der Waals surface area contributed by atoms with Crippen molar-refractivity contribution in [1.29, 1.82) is 0 Å².